The normalized spacial score (nSPS) is 11.3. The Balaban J connectivity index is 3.04. The van der Waals surface area contributed by atoms with Gasteiger partial charge in [-0.15, -0.1) is 0 Å². The van der Waals surface area contributed by atoms with E-state index in [-0.39, 0.29) is 0 Å². The first-order valence-electron chi connectivity index (χ1n) is 3.80. The van der Waals surface area contributed by atoms with Crippen LogP contribution in [0.15, 0.2) is 23.1 Å². The quantitative estimate of drug-likeness (QED) is 0.384. The van der Waals surface area contributed by atoms with Crippen LogP contribution < -0.4 is 4.72 Å². The Bertz CT molecular complexity index is 410. The molecule has 0 unspecified atom stereocenters. The van der Waals surface area contributed by atoms with E-state index in [1.807, 2.05) is 4.72 Å². The third-order valence-electron chi connectivity index (χ3n) is 1.49. The zero-order valence-corrected chi connectivity index (χ0v) is 9.01. The maximum Gasteiger partial charge on any atom is 0.417 e. The summed E-state index contributed by atoms with van der Waals surface area (Å²) in [7, 11) is 0. The predicted molar refractivity (Wildman–Crippen MR) is 51.6 cm³/mol. The van der Waals surface area contributed by atoms with Gasteiger partial charge in [0.2, 0.25) is 0 Å². The van der Waals surface area contributed by atoms with Crippen molar-refractivity contribution < 1.29 is 22.4 Å². The van der Waals surface area contributed by atoms with Gasteiger partial charge in [0.05, 0.1) is 5.56 Å². The Morgan fingerprint density at radius 3 is 2.50 bits per heavy atom. The lowest BCUT2D eigenvalue weighted by molar-refractivity contribution is -0.139. The highest BCUT2D eigenvalue weighted by molar-refractivity contribution is 7.98. The molecule has 0 bridgehead atoms. The van der Waals surface area contributed by atoms with Gasteiger partial charge in [-0.05, 0) is 41.7 Å². The molecule has 8 heteroatoms. The van der Waals surface area contributed by atoms with Crippen molar-refractivity contribution in [1.29, 1.82) is 0 Å². The molecule has 0 aromatic heterocycles. The van der Waals surface area contributed by atoms with Crippen molar-refractivity contribution in [3.05, 3.63) is 29.6 Å². The average molecular weight is 274 g/mol. The number of hydrogen-bond donors (Lipinski definition) is 1. The molecule has 1 rings (SSSR count). The Labute approximate surface area is 97.1 Å². The summed E-state index contributed by atoms with van der Waals surface area (Å²) >= 11 is 5.19. The molecular weight excluding hydrogens is 270 g/mol. The lowest BCUT2D eigenvalue weighted by Gasteiger charge is -2.11. The topological polar surface area (TPSA) is 29.1 Å². The van der Waals surface area contributed by atoms with E-state index in [0.717, 1.165) is 0 Å². The molecule has 0 heterocycles. The van der Waals surface area contributed by atoms with Crippen LogP contribution in [0.25, 0.3) is 0 Å². The largest absolute Gasteiger partial charge is 0.417 e. The van der Waals surface area contributed by atoms with Crippen LogP contribution in [0, 0.1) is 5.82 Å². The molecule has 0 radical (unpaired) electrons. The monoisotopic (exact) mass is 273 g/mol. The lowest BCUT2D eigenvalue weighted by atomic mass is 10.2. The minimum atomic E-state index is -4.62. The summed E-state index contributed by atoms with van der Waals surface area (Å²) < 4.78 is 51.9. The highest BCUT2D eigenvalue weighted by atomic mass is 35.5. The number of halogens is 5. The first-order chi connectivity index (χ1) is 7.30. The summed E-state index contributed by atoms with van der Waals surface area (Å²) in [6.45, 7) is 0. The number of hydrogen-bond acceptors (Lipinski definition) is 2. The van der Waals surface area contributed by atoms with Crippen molar-refractivity contribution in [1.82, 2.24) is 4.72 Å². The second-order valence-corrected chi connectivity index (χ2v) is 3.81. The molecule has 1 amide bonds. The minimum absolute atomic E-state index is 0.305. The number of rotatable bonds is 2. The molecule has 2 nitrogen and oxygen atoms in total. The Kier molecular flexibility index (Phi) is 4.03. The molecule has 0 spiro atoms. The molecule has 1 aromatic rings. The lowest BCUT2D eigenvalue weighted by Crippen LogP contribution is -2.11. The van der Waals surface area contributed by atoms with Gasteiger partial charge in [-0.25, -0.2) is 4.39 Å². The SMILES string of the molecule is O=C(Cl)NSc1cc(F)ccc1C(F)(F)F. The number of carbonyl (C=O) groups is 1. The van der Waals surface area contributed by atoms with Gasteiger partial charge in [-0.3, -0.25) is 9.52 Å². The third-order valence-corrected chi connectivity index (χ3v) is 2.54. The van der Waals surface area contributed by atoms with E-state index in [4.69, 9.17) is 11.6 Å². The number of benzene rings is 1. The van der Waals surface area contributed by atoms with Crippen molar-refractivity contribution in [2.75, 3.05) is 0 Å². The van der Waals surface area contributed by atoms with Gasteiger partial charge in [0.15, 0.2) is 0 Å². The number of amides is 1. The van der Waals surface area contributed by atoms with E-state index >= 15 is 0 Å². The van der Waals surface area contributed by atoms with Crippen LogP contribution >= 0.6 is 23.5 Å². The van der Waals surface area contributed by atoms with Gasteiger partial charge >= 0.3 is 11.5 Å². The summed E-state index contributed by atoms with van der Waals surface area (Å²) in [5.41, 5.74) is -1.04. The Morgan fingerprint density at radius 2 is 2.00 bits per heavy atom. The Hall–Kier alpha value is -0.950. The molecule has 0 aliphatic rings. The fraction of sp³-hybridized carbons (Fsp3) is 0.125. The maximum atomic E-state index is 12.7. The van der Waals surface area contributed by atoms with Gasteiger partial charge in [0, 0.05) is 4.90 Å². The smallest absolute Gasteiger partial charge is 0.282 e. The van der Waals surface area contributed by atoms with E-state index < -0.39 is 27.8 Å². The first-order valence-corrected chi connectivity index (χ1v) is 4.99. The predicted octanol–water partition coefficient (Wildman–Crippen LogP) is 3.80. The van der Waals surface area contributed by atoms with Crippen LogP contribution in [0.4, 0.5) is 22.4 Å². The molecule has 0 saturated carbocycles. The number of alkyl halides is 3. The van der Waals surface area contributed by atoms with E-state index in [9.17, 15) is 22.4 Å². The van der Waals surface area contributed by atoms with Crippen molar-refractivity contribution in [2.24, 2.45) is 0 Å². The molecule has 16 heavy (non-hydrogen) atoms. The number of nitrogens with one attached hydrogen (secondary N) is 1. The molecule has 88 valence electrons. The third kappa shape index (κ3) is 3.57. The van der Waals surface area contributed by atoms with E-state index in [2.05, 4.69) is 0 Å². The summed E-state index contributed by atoms with van der Waals surface area (Å²) in [6.07, 6.45) is -4.62. The van der Waals surface area contributed by atoms with Crippen LogP contribution in [0.5, 0.6) is 0 Å². The van der Waals surface area contributed by atoms with E-state index in [0.29, 0.717) is 30.1 Å². The van der Waals surface area contributed by atoms with Crippen molar-refractivity contribution in [3.8, 4) is 0 Å². The van der Waals surface area contributed by atoms with Gasteiger partial charge < -0.3 is 0 Å². The maximum absolute atomic E-state index is 12.7. The Morgan fingerprint density at radius 1 is 1.38 bits per heavy atom. The summed E-state index contributed by atoms with van der Waals surface area (Å²) in [6, 6.07) is 1.95. The summed E-state index contributed by atoms with van der Waals surface area (Å²) in [5, 5.41) is -1.04. The van der Waals surface area contributed by atoms with Gasteiger partial charge in [0.1, 0.15) is 5.82 Å². The molecule has 0 aliphatic carbocycles. The molecule has 1 N–H and O–H groups in total. The molecule has 0 fully saturated rings. The van der Waals surface area contributed by atoms with Crippen LogP contribution in [-0.2, 0) is 6.18 Å². The van der Waals surface area contributed by atoms with Gasteiger partial charge in [-0.1, -0.05) is 0 Å². The zero-order valence-electron chi connectivity index (χ0n) is 7.44. The van der Waals surface area contributed by atoms with Crippen molar-refractivity contribution >= 4 is 28.9 Å². The minimum Gasteiger partial charge on any atom is -0.282 e. The molecule has 0 saturated heterocycles. The second-order valence-electron chi connectivity index (χ2n) is 2.62. The zero-order chi connectivity index (χ0) is 12.3. The molecule has 0 aliphatic heterocycles. The van der Waals surface area contributed by atoms with Crippen LogP contribution in [-0.4, -0.2) is 5.37 Å². The molecule has 0 atom stereocenters. The first kappa shape index (κ1) is 13.1. The molecule has 1 aromatic carbocycles. The van der Waals surface area contributed by atoms with Gasteiger partial charge in [-0.2, -0.15) is 13.2 Å². The van der Waals surface area contributed by atoms with E-state index in [1.54, 1.807) is 0 Å². The van der Waals surface area contributed by atoms with Gasteiger partial charge in [0.25, 0.3) is 0 Å². The van der Waals surface area contributed by atoms with Crippen LogP contribution in [0.1, 0.15) is 5.56 Å². The van der Waals surface area contributed by atoms with Crippen LogP contribution in [0.2, 0.25) is 0 Å². The summed E-state index contributed by atoms with van der Waals surface area (Å²) in [5.74, 6) is -0.834. The standard InChI is InChI=1S/C8H4ClF4NOS/c9-7(15)14-16-6-3-4(10)1-2-5(6)8(11,12)13/h1-3H,(H,14,15). The second kappa shape index (κ2) is 4.92. The van der Waals surface area contributed by atoms with Crippen molar-refractivity contribution in [2.45, 2.75) is 11.1 Å². The van der Waals surface area contributed by atoms with Crippen molar-refractivity contribution in [3.63, 3.8) is 0 Å². The molecular formula is C8H4ClF4NOS. The summed E-state index contributed by atoms with van der Waals surface area (Å²) in [4.78, 5) is 9.86. The van der Waals surface area contributed by atoms with Crippen LogP contribution in [0.3, 0.4) is 0 Å². The van der Waals surface area contributed by atoms with E-state index in [1.165, 1.54) is 0 Å². The number of carbonyl (C=O) groups excluding carboxylic acids is 1. The highest BCUT2D eigenvalue weighted by Gasteiger charge is 2.33. The fourth-order valence-corrected chi connectivity index (χ4v) is 1.68. The average Bonchev–Trinajstić information content (AvgIpc) is 2.12. The highest BCUT2D eigenvalue weighted by Crippen LogP contribution is 2.36. The fourth-order valence-electron chi connectivity index (χ4n) is 0.910.